The zero-order valence-electron chi connectivity index (χ0n) is 14.3. The molecule has 1 saturated carbocycles. The Bertz CT molecular complexity index is 602. The summed E-state index contributed by atoms with van der Waals surface area (Å²) < 4.78 is 32.3. The van der Waals surface area contributed by atoms with Gasteiger partial charge in [-0.3, -0.25) is 4.79 Å². The highest BCUT2D eigenvalue weighted by Crippen LogP contribution is 2.37. The second kappa shape index (κ2) is 7.64. The Morgan fingerprint density at radius 1 is 1.40 bits per heavy atom. The quantitative estimate of drug-likeness (QED) is 0.904. The molecule has 0 unspecified atom stereocenters. The van der Waals surface area contributed by atoms with E-state index < -0.39 is 5.92 Å². The smallest absolute Gasteiger partial charge is 0.248 e. The summed E-state index contributed by atoms with van der Waals surface area (Å²) in [6.45, 7) is 1.58. The molecule has 2 fully saturated rings. The molecule has 2 N–H and O–H groups in total. The summed E-state index contributed by atoms with van der Waals surface area (Å²) in [6, 6.07) is 3.76. The maximum atomic E-state index is 13.3. The van der Waals surface area contributed by atoms with Gasteiger partial charge in [0.05, 0.1) is 12.7 Å². The van der Waals surface area contributed by atoms with Crippen molar-refractivity contribution in [3.63, 3.8) is 0 Å². The largest absolute Gasteiger partial charge is 0.384 e. The lowest BCUT2D eigenvalue weighted by Gasteiger charge is -2.37. The molecule has 138 valence electrons. The van der Waals surface area contributed by atoms with Crippen molar-refractivity contribution >= 4 is 11.7 Å². The lowest BCUT2D eigenvalue weighted by Crippen LogP contribution is -2.48. The topological polar surface area (TPSA) is 68.5 Å². The van der Waals surface area contributed by atoms with Crippen LogP contribution >= 0.6 is 0 Å². The summed E-state index contributed by atoms with van der Waals surface area (Å²) >= 11 is 0. The predicted octanol–water partition coefficient (Wildman–Crippen LogP) is 2.65. The molecule has 1 saturated heterocycles. The fourth-order valence-corrected chi connectivity index (χ4v) is 3.62. The van der Waals surface area contributed by atoms with Crippen LogP contribution in [-0.4, -0.2) is 47.5 Å². The van der Waals surface area contributed by atoms with Crippen molar-refractivity contribution in [1.82, 2.24) is 9.88 Å². The summed E-state index contributed by atoms with van der Waals surface area (Å²) in [5, 5.41) is 0. The third kappa shape index (κ3) is 4.87. The van der Waals surface area contributed by atoms with Crippen molar-refractivity contribution < 1.29 is 18.3 Å². The van der Waals surface area contributed by atoms with Crippen molar-refractivity contribution in [1.29, 1.82) is 0 Å². The van der Waals surface area contributed by atoms with E-state index in [0.29, 0.717) is 25.5 Å². The Morgan fingerprint density at radius 2 is 2.16 bits per heavy atom. The van der Waals surface area contributed by atoms with Gasteiger partial charge in [0.25, 0.3) is 0 Å². The molecule has 0 aromatic carbocycles. The minimum absolute atomic E-state index is 0.0111. The number of nitrogen functional groups attached to an aromatic ring is 1. The highest BCUT2D eigenvalue weighted by Gasteiger charge is 2.39. The van der Waals surface area contributed by atoms with Gasteiger partial charge >= 0.3 is 0 Å². The number of aryl methyl sites for hydroxylation is 1. The van der Waals surface area contributed by atoms with Gasteiger partial charge < -0.3 is 15.4 Å². The van der Waals surface area contributed by atoms with Crippen LogP contribution in [0.2, 0.25) is 0 Å². The normalized spacial score (nSPS) is 24.2. The molecule has 0 bridgehead atoms. The van der Waals surface area contributed by atoms with Gasteiger partial charge in [-0.1, -0.05) is 0 Å². The summed E-state index contributed by atoms with van der Waals surface area (Å²) in [5.74, 6) is -2.36. The number of nitrogens with two attached hydrogens (primary N) is 1. The van der Waals surface area contributed by atoms with Gasteiger partial charge in [0.2, 0.25) is 11.8 Å². The van der Waals surface area contributed by atoms with Gasteiger partial charge in [0, 0.05) is 38.0 Å². The molecule has 1 amide bonds. The number of carbonyl (C=O) groups is 1. The van der Waals surface area contributed by atoms with Crippen LogP contribution in [0.4, 0.5) is 14.6 Å². The number of alkyl halides is 2. The molecule has 2 heterocycles. The molecular formula is C18H25F2N3O2. The molecular weight excluding hydrogens is 328 g/mol. The fourth-order valence-electron chi connectivity index (χ4n) is 3.62. The molecule has 7 heteroatoms. The van der Waals surface area contributed by atoms with E-state index in [1.54, 1.807) is 11.1 Å². The van der Waals surface area contributed by atoms with Crippen molar-refractivity contribution in [3.8, 4) is 0 Å². The first-order valence-corrected chi connectivity index (χ1v) is 8.91. The van der Waals surface area contributed by atoms with Crippen LogP contribution < -0.4 is 5.73 Å². The third-order valence-electron chi connectivity index (χ3n) is 5.12. The van der Waals surface area contributed by atoms with Gasteiger partial charge in [0.15, 0.2) is 0 Å². The second-order valence-electron chi connectivity index (χ2n) is 7.03. The number of halogens is 2. The standard InChI is InChI=1S/C18H25F2N3O2/c19-18(20)6-3-14(4-7-18)17(24)23-9-10-25-15(12-23)2-1-13-5-8-22-16(21)11-13/h5,8,11,14-15H,1-4,6-7,9-10,12H2,(H2,21,22)/t15-/m0/s1. The first-order valence-electron chi connectivity index (χ1n) is 8.91. The zero-order chi connectivity index (χ0) is 17.9. The third-order valence-corrected chi connectivity index (χ3v) is 5.12. The summed E-state index contributed by atoms with van der Waals surface area (Å²) in [5.41, 5.74) is 6.77. The maximum absolute atomic E-state index is 13.3. The Kier molecular flexibility index (Phi) is 5.51. The number of nitrogens with zero attached hydrogens (tertiary/aromatic N) is 2. The number of hydrogen-bond donors (Lipinski definition) is 1. The van der Waals surface area contributed by atoms with Gasteiger partial charge in [-0.05, 0) is 43.4 Å². The number of hydrogen-bond acceptors (Lipinski definition) is 4. The zero-order valence-corrected chi connectivity index (χ0v) is 14.3. The van der Waals surface area contributed by atoms with Crippen LogP contribution in [0.3, 0.4) is 0 Å². The number of rotatable bonds is 4. The van der Waals surface area contributed by atoms with Crippen LogP contribution in [0.1, 0.15) is 37.7 Å². The van der Waals surface area contributed by atoms with Crippen LogP contribution in [0.5, 0.6) is 0 Å². The molecule has 2 aliphatic rings. The number of carbonyl (C=O) groups excluding carboxylic acids is 1. The molecule has 1 aromatic heterocycles. The molecule has 3 rings (SSSR count). The van der Waals surface area contributed by atoms with Gasteiger partial charge in [-0.2, -0.15) is 0 Å². The van der Waals surface area contributed by atoms with E-state index in [4.69, 9.17) is 10.5 Å². The summed E-state index contributed by atoms with van der Waals surface area (Å²) in [4.78, 5) is 18.4. The molecule has 1 atom stereocenters. The molecule has 0 spiro atoms. The lowest BCUT2D eigenvalue weighted by atomic mass is 9.85. The Labute approximate surface area is 146 Å². The van der Waals surface area contributed by atoms with Crippen molar-refractivity contribution in [2.75, 3.05) is 25.4 Å². The molecule has 1 aliphatic heterocycles. The van der Waals surface area contributed by atoms with Crippen LogP contribution in [0, 0.1) is 5.92 Å². The second-order valence-corrected chi connectivity index (χ2v) is 7.03. The van der Waals surface area contributed by atoms with Crippen molar-refractivity contribution in [2.45, 2.75) is 50.6 Å². The first kappa shape index (κ1) is 18.0. The molecule has 5 nitrogen and oxygen atoms in total. The highest BCUT2D eigenvalue weighted by molar-refractivity contribution is 5.79. The van der Waals surface area contributed by atoms with E-state index in [0.717, 1.165) is 18.4 Å². The Balaban J connectivity index is 1.50. The highest BCUT2D eigenvalue weighted by atomic mass is 19.3. The summed E-state index contributed by atoms with van der Waals surface area (Å²) in [7, 11) is 0. The van der Waals surface area contributed by atoms with Gasteiger partial charge in [-0.15, -0.1) is 0 Å². The monoisotopic (exact) mass is 353 g/mol. The molecule has 1 aliphatic carbocycles. The Hall–Kier alpha value is -1.76. The van der Waals surface area contributed by atoms with E-state index in [1.807, 2.05) is 12.1 Å². The average molecular weight is 353 g/mol. The number of ether oxygens (including phenoxy) is 1. The number of aromatic nitrogens is 1. The van der Waals surface area contributed by atoms with Gasteiger partial charge in [-0.25, -0.2) is 13.8 Å². The number of amides is 1. The van der Waals surface area contributed by atoms with Crippen molar-refractivity contribution in [3.05, 3.63) is 23.9 Å². The molecule has 25 heavy (non-hydrogen) atoms. The SMILES string of the molecule is Nc1cc(CC[C@H]2CN(C(=O)C3CCC(F)(F)CC3)CCO2)ccn1. The van der Waals surface area contributed by atoms with Crippen molar-refractivity contribution in [2.24, 2.45) is 5.92 Å². The van der Waals surface area contributed by atoms with E-state index in [-0.39, 0.29) is 43.6 Å². The average Bonchev–Trinajstić information content (AvgIpc) is 2.60. The van der Waals surface area contributed by atoms with Gasteiger partial charge in [0.1, 0.15) is 5.82 Å². The lowest BCUT2D eigenvalue weighted by molar-refractivity contribution is -0.147. The first-order chi connectivity index (χ1) is 11.9. The molecule has 1 aromatic rings. The number of anilines is 1. The van der Waals surface area contributed by atoms with E-state index in [1.165, 1.54) is 0 Å². The molecule has 0 radical (unpaired) electrons. The number of morpholine rings is 1. The summed E-state index contributed by atoms with van der Waals surface area (Å²) in [6.07, 6.45) is 3.44. The minimum Gasteiger partial charge on any atom is -0.384 e. The Morgan fingerprint density at radius 3 is 2.88 bits per heavy atom. The van der Waals surface area contributed by atoms with Crippen LogP contribution in [0.15, 0.2) is 18.3 Å². The van der Waals surface area contributed by atoms with E-state index >= 15 is 0 Å². The maximum Gasteiger partial charge on any atom is 0.248 e. The predicted molar refractivity (Wildman–Crippen MR) is 90.2 cm³/mol. The van der Waals surface area contributed by atoms with Crippen LogP contribution in [-0.2, 0) is 16.0 Å². The minimum atomic E-state index is -2.60. The van der Waals surface area contributed by atoms with E-state index in [9.17, 15) is 13.6 Å². The van der Waals surface area contributed by atoms with Crippen LogP contribution in [0.25, 0.3) is 0 Å². The van der Waals surface area contributed by atoms with E-state index in [2.05, 4.69) is 4.98 Å². The fraction of sp³-hybridized carbons (Fsp3) is 0.667. The number of pyridine rings is 1.